The van der Waals surface area contributed by atoms with Crippen LogP contribution in [0.2, 0.25) is 0 Å². The number of aromatic nitrogens is 2. The molecule has 0 bridgehead atoms. The summed E-state index contributed by atoms with van der Waals surface area (Å²) in [5, 5.41) is 4.68. The van der Waals surface area contributed by atoms with Gasteiger partial charge in [-0.3, -0.25) is 0 Å². The smallest absolute Gasteiger partial charge is 0.260 e. The van der Waals surface area contributed by atoms with E-state index in [0.29, 0.717) is 5.89 Å². The van der Waals surface area contributed by atoms with Gasteiger partial charge in [0.05, 0.1) is 10.6 Å². The fourth-order valence-electron chi connectivity index (χ4n) is 1.49. The number of hydrogen-bond donors (Lipinski definition) is 1. The third kappa shape index (κ3) is 2.83. The predicted octanol–water partition coefficient (Wildman–Crippen LogP) is 1.79. The standard InChI is InChI=1S/C11H16N4OS/c1-7-6-8(10(12)17-7)11-13-9(14-16-11)4-5-15(2)3/h6H,4-5,12H2,1-3H3. The summed E-state index contributed by atoms with van der Waals surface area (Å²) in [6.07, 6.45) is 0.777. The average Bonchev–Trinajstić information content (AvgIpc) is 2.82. The molecule has 0 atom stereocenters. The second-order valence-electron chi connectivity index (χ2n) is 4.20. The van der Waals surface area contributed by atoms with E-state index in [9.17, 15) is 0 Å². The highest BCUT2D eigenvalue weighted by molar-refractivity contribution is 7.16. The lowest BCUT2D eigenvalue weighted by Crippen LogP contribution is -2.15. The van der Waals surface area contributed by atoms with Gasteiger partial charge in [0.1, 0.15) is 0 Å². The molecular formula is C11H16N4OS. The minimum Gasteiger partial charge on any atom is -0.390 e. The van der Waals surface area contributed by atoms with Gasteiger partial charge in [-0.15, -0.1) is 11.3 Å². The normalized spacial score (nSPS) is 11.3. The first-order valence-electron chi connectivity index (χ1n) is 5.40. The van der Waals surface area contributed by atoms with Crippen LogP contribution >= 0.6 is 11.3 Å². The Balaban J connectivity index is 2.15. The topological polar surface area (TPSA) is 68.2 Å². The Morgan fingerprint density at radius 3 is 2.82 bits per heavy atom. The maximum absolute atomic E-state index is 5.89. The predicted molar refractivity (Wildman–Crippen MR) is 69.0 cm³/mol. The summed E-state index contributed by atoms with van der Waals surface area (Å²) < 4.78 is 5.22. The fourth-order valence-corrected chi connectivity index (χ4v) is 2.27. The second-order valence-corrected chi connectivity index (χ2v) is 5.49. The Hall–Kier alpha value is -1.40. The van der Waals surface area contributed by atoms with Gasteiger partial charge < -0.3 is 15.2 Å². The molecule has 2 aromatic rings. The van der Waals surface area contributed by atoms with Crippen LogP contribution in [0.15, 0.2) is 10.6 Å². The van der Waals surface area contributed by atoms with E-state index >= 15 is 0 Å². The molecule has 0 aliphatic rings. The van der Waals surface area contributed by atoms with Crippen molar-refractivity contribution in [2.45, 2.75) is 13.3 Å². The zero-order valence-electron chi connectivity index (χ0n) is 10.2. The highest BCUT2D eigenvalue weighted by Crippen LogP contribution is 2.32. The molecular weight excluding hydrogens is 236 g/mol. The van der Waals surface area contributed by atoms with Crippen molar-refractivity contribution in [1.29, 1.82) is 0 Å². The number of nitrogen functional groups attached to an aromatic ring is 1. The highest BCUT2D eigenvalue weighted by Gasteiger charge is 2.14. The van der Waals surface area contributed by atoms with Gasteiger partial charge in [0, 0.05) is 17.8 Å². The number of likely N-dealkylation sites (N-methyl/N-ethyl adjacent to an activating group) is 1. The van der Waals surface area contributed by atoms with E-state index in [1.165, 1.54) is 11.3 Å². The summed E-state index contributed by atoms with van der Waals surface area (Å²) in [5.41, 5.74) is 6.73. The zero-order valence-corrected chi connectivity index (χ0v) is 11.0. The maximum atomic E-state index is 5.89. The van der Waals surface area contributed by atoms with Crippen LogP contribution in [0.3, 0.4) is 0 Å². The molecule has 5 nitrogen and oxygen atoms in total. The van der Waals surface area contributed by atoms with E-state index in [0.717, 1.165) is 34.2 Å². The van der Waals surface area contributed by atoms with Crippen LogP contribution in [-0.2, 0) is 6.42 Å². The van der Waals surface area contributed by atoms with Crippen molar-refractivity contribution >= 4 is 16.3 Å². The Kier molecular flexibility index (Phi) is 3.44. The van der Waals surface area contributed by atoms with Crippen molar-refractivity contribution in [3.63, 3.8) is 0 Å². The lowest BCUT2D eigenvalue weighted by molar-refractivity contribution is 0.392. The first kappa shape index (κ1) is 12.1. The monoisotopic (exact) mass is 252 g/mol. The van der Waals surface area contributed by atoms with Crippen LogP contribution in [0.25, 0.3) is 11.5 Å². The van der Waals surface area contributed by atoms with Gasteiger partial charge in [0.15, 0.2) is 5.82 Å². The largest absolute Gasteiger partial charge is 0.390 e. The highest BCUT2D eigenvalue weighted by atomic mass is 32.1. The molecule has 0 spiro atoms. The number of aryl methyl sites for hydroxylation is 1. The molecule has 0 aliphatic heterocycles. The van der Waals surface area contributed by atoms with Crippen LogP contribution < -0.4 is 5.73 Å². The molecule has 2 rings (SSSR count). The van der Waals surface area contributed by atoms with Crippen molar-refractivity contribution in [1.82, 2.24) is 15.0 Å². The van der Waals surface area contributed by atoms with E-state index < -0.39 is 0 Å². The van der Waals surface area contributed by atoms with Crippen molar-refractivity contribution in [2.24, 2.45) is 0 Å². The minimum atomic E-state index is 0.514. The van der Waals surface area contributed by atoms with Gasteiger partial charge in [-0.1, -0.05) is 5.16 Å². The molecule has 0 radical (unpaired) electrons. The molecule has 2 heterocycles. The molecule has 92 valence electrons. The fraction of sp³-hybridized carbons (Fsp3) is 0.455. The maximum Gasteiger partial charge on any atom is 0.260 e. The molecule has 0 unspecified atom stereocenters. The van der Waals surface area contributed by atoms with Gasteiger partial charge in [0.25, 0.3) is 5.89 Å². The molecule has 0 saturated heterocycles. The quantitative estimate of drug-likeness (QED) is 0.898. The molecule has 0 fully saturated rings. The van der Waals surface area contributed by atoms with Gasteiger partial charge in [-0.05, 0) is 27.1 Å². The zero-order chi connectivity index (χ0) is 12.4. The van der Waals surface area contributed by atoms with Crippen LogP contribution in [0.5, 0.6) is 0 Å². The van der Waals surface area contributed by atoms with E-state index in [-0.39, 0.29) is 0 Å². The molecule has 0 amide bonds. The molecule has 17 heavy (non-hydrogen) atoms. The Morgan fingerprint density at radius 2 is 2.24 bits per heavy atom. The van der Waals surface area contributed by atoms with Gasteiger partial charge >= 0.3 is 0 Å². The van der Waals surface area contributed by atoms with Gasteiger partial charge in [-0.25, -0.2) is 0 Å². The number of nitrogens with zero attached hydrogens (tertiary/aromatic N) is 3. The molecule has 0 aliphatic carbocycles. The van der Waals surface area contributed by atoms with Gasteiger partial charge in [-0.2, -0.15) is 4.98 Å². The van der Waals surface area contributed by atoms with Crippen LogP contribution in [0, 0.1) is 6.92 Å². The number of nitrogens with two attached hydrogens (primary N) is 1. The third-order valence-electron chi connectivity index (χ3n) is 2.37. The number of hydrogen-bond acceptors (Lipinski definition) is 6. The van der Waals surface area contributed by atoms with E-state index in [1.807, 2.05) is 27.1 Å². The van der Waals surface area contributed by atoms with Crippen LogP contribution in [0.1, 0.15) is 10.7 Å². The Bertz CT molecular complexity index is 503. The van der Waals surface area contributed by atoms with E-state index in [2.05, 4.69) is 15.0 Å². The molecule has 0 saturated carbocycles. The summed E-state index contributed by atoms with van der Waals surface area (Å²) in [5.74, 6) is 1.23. The van der Waals surface area contributed by atoms with E-state index in [1.54, 1.807) is 0 Å². The lowest BCUT2D eigenvalue weighted by Gasteiger charge is -2.05. The summed E-state index contributed by atoms with van der Waals surface area (Å²) in [6.45, 7) is 2.91. The molecule has 2 N–H and O–H groups in total. The van der Waals surface area contributed by atoms with Crippen molar-refractivity contribution in [3.8, 4) is 11.5 Å². The van der Waals surface area contributed by atoms with Crippen molar-refractivity contribution in [3.05, 3.63) is 16.8 Å². The van der Waals surface area contributed by atoms with Crippen molar-refractivity contribution < 1.29 is 4.52 Å². The first-order chi connectivity index (χ1) is 8.06. The summed E-state index contributed by atoms with van der Waals surface area (Å²) in [4.78, 5) is 7.58. The Labute approximate surface area is 104 Å². The van der Waals surface area contributed by atoms with Crippen LogP contribution in [-0.4, -0.2) is 35.7 Å². The number of thiophene rings is 1. The SMILES string of the molecule is Cc1cc(-c2nc(CCN(C)C)no2)c(N)s1. The second kappa shape index (κ2) is 4.85. The van der Waals surface area contributed by atoms with Crippen LogP contribution in [0.4, 0.5) is 5.00 Å². The van der Waals surface area contributed by atoms with Gasteiger partial charge in [0.2, 0.25) is 0 Å². The average molecular weight is 252 g/mol. The number of rotatable bonds is 4. The third-order valence-corrected chi connectivity index (χ3v) is 3.24. The summed E-state index contributed by atoms with van der Waals surface area (Å²) in [6, 6.07) is 1.98. The lowest BCUT2D eigenvalue weighted by atomic mass is 10.3. The van der Waals surface area contributed by atoms with E-state index in [4.69, 9.17) is 10.3 Å². The summed E-state index contributed by atoms with van der Waals surface area (Å²) >= 11 is 1.53. The Morgan fingerprint density at radius 1 is 1.47 bits per heavy atom. The molecule has 2 aromatic heterocycles. The molecule has 0 aromatic carbocycles. The minimum absolute atomic E-state index is 0.514. The molecule has 6 heteroatoms. The first-order valence-corrected chi connectivity index (χ1v) is 6.21. The summed E-state index contributed by atoms with van der Waals surface area (Å²) in [7, 11) is 4.03. The number of anilines is 1. The van der Waals surface area contributed by atoms with Crippen molar-refractivity contribution in [2.75, 3.05) is 26.4 Å².